The third-order valence-electron chi connectivity index (χ3n) is 4.63. The van der Waals surface area contributed by atoms with E-state index in [1.165, 1.54) is 0 Å². The largest absolute Gasteiger partial charge is 0.497 e. The van der Waals surface area contributed by atoms with Gasteiger partial charge in [0, 0.05) is 28.9 Å². The zero-order chi connectivity index (χ0) is 19.0. The molecule has 0 unspecified atom stereocenters. The Morgan fingerprint density at radius 2 is 1.63 bits per heavy atom. The molecule has 2 aromatic heterocycles. The Labute approximate surface area is 159 Å². The first-order chi connectivity index (χ1) is 13.0. The number of fused-ring (bicyclic) bond motifs is 1. The summed E-state index contributed by atoms with van der Waals surface area (Å²) in [6.45, 7) is 8.34. The minimum atomic E-state index is -0.315. The van der Waals surface area contributed by atoms with Crippen LogP contribution in [0.5, 0.6) is 5.75 Å². The van der Waals surface area contributed by atoms with Gasteiger partial charge < -0.3 is 9.72 Å². The van der Waals surface area contributed by atoms with Crippen LogP contribution in [0.1, 0.15) is 19.7 Å². The van der Waals surface area contributed by atoms with Crippen molar-refractivity contribution in [3.8, 4) is 28.3 Å². The molecule has 1 N–H and O–H groups in total. The van der Waals surface area contributed by atoms with E-state index < -0.39 is 0 Å². The summed E-state index contributed by atoms with van der Waals surface area (Å²) in [7, 11) is 1.68. The van der Waals surface area contributed by atoms with Gasteiger partial charge in [0.05, 0.1) is 18.5 Å². The number of methoxy groups -OCH3 is 1. The summed E-state index contributed by atoms with van der Waals surface area (Å²) in [6, 6.07) is 16.4. The second-order valence-corrected chi connectivity index (χ2v) is 7.36. The van der Waals surface area contributed by atoms with E-state index in [-0.39, 0.29) is 5.41 Å². The minimum absolute atomic E-state index is 0.315. The maximum Gasteiger partial charge on any atom is 0.119 e. The Balaban J connectivity index is 1.90. The van der Waals surface area contributed by atoms with Gasteiger partial charge in [0.2, 0.25) is 0 Å². The Bertz CT molecular complexity index is 1090. The fourth-order valence-electron chi connectivity index (χ4n) is 3.13. The second-order valence-electron chi connectivity index (χ2n) is 7.36. The summed E-state index contributed by atoms with van der Waals surface area (Å²) >= 11 is 0. The van der Waals surface area contributed by atoms with Gasteiger partial charge in [0.15, 0.2) is 0 Å². The zero-order valence-corrected chi connectivity index (χ0v) is 15.8. The molecule has 135 valence electrons. The van der Waals surface area contributed by atoms with E-state index in [0.717, 1.165) is 44.9 Å². The molecule has 0 spiro atoms. The summed E-state index contributed by atoms with van der Waals surface area (Å²) in [5.41, 5.74) is 3.70. The summed E-state index contributed by atoms with van der Waals surface area (Å²) < 4.78 is 5.32. The van der Waals surface area contributed by atoms with Crippen molar-refractivity contribution in [3.05, 3.63) is 73.7 Å². The molecule has 2 aromatic carbocycles. The predicted octanol–water partition coefficient (Wildman–Crippen LogP) is 5.41. The van der Waals surface area contributed by atoms with Crippen molar-refractivity contribution < 1.29 is 4.74 Å². The highest BCUT2D eigenvalue weighted by molar-refractivity contribution is 5.90. The van der Waals surface area contributed by atoms with E-state index in [0.29, 0.717) is 0 Å². The molecule has 4 heteroatoms. The number of hydrogen-bond acceptors (Lipinski definition) is 3. The summed E-state index contributed by atoms with van der Waals surface area (Å²) in [5, 5.41) is 2.28. The number of nitrogens with zero attached hydrogens (tertiary/aromatic N) is 2. The maximum atomic E-state index is 5.32. The molecule has 0 aliphatic rings. The number of benzene rings is 2. The van der Waals surface area contributed by atoms with Crippen LogP contribution in [0, 0.1) is 6.92 Å². The number of aromatic amines is 1. The highest BCUT2D eigenvalue weighted by Gasteiger charge is 2.22. The molecule has 0 aliphatic heterocycles. The van der Waals surface area contributed by atoms with Gasteiger partial charge in [-0.05, 0) is 48.0 Å². The Morgan fingerprint density at radius 1 is 0.926 bits per heavy atom. The fraction of sp³-hybridized carbons (Fsp3) is 0.174. The lowest BCUT2D eigenvalue weighted by atomic mass is 9.96. The standard InChI is InChI=1S/C23H22N3O/c1-23(2,3)22-25-20(15-9-11-24-12-10-15)21(26-22)18-6-5-17-14-19(27-4)8-7-16(17)13-18/h5-14H,1H2,2-4H3,(H,25,26). The molecule has 4 rings (SSSR count). The lowest BCUT2D eigenvalue weighted by Gasteiger charge is -2.13. The van der Waals surface area contributed by atoms with E-state index in [2.05, 4.69) is 55.0 Å². The SMILES string of the molecule is [CH2]C(C)(C)c1nc(-c2ccc3cc(OC)ccc3c2)c(-c2ccncc2)[nH]1. The van der Waals surface area contributed by atoms with Crippen molar-refractivity contribution in [1.82, 2.24) is 15.0 Å². The molecule has 0 fully saturated rings. The summed E-state index contributed by atoms with van der Waals surface area (Å²) in [5.74, 6) is 1.72. The summed E-state index contributed by atoms with van der Waals surface area (Å²) in [4.78, 5) is 12.5. The Hall–Kier alpha value is -3.14. The van der Waals surface area contributed by atoms with Crippen LogP contribution in [0.2, 0.25) is 0 Å². The van der Waals surface area contributed by atoms with Crippen LogP contribution < -0.4 is 4.74 Å². The first-order valence-electron chi connectivity index (χ1n) is 8.90. The third-order valence-corrected chi connectivity index (χ3v) is 4.63. The molecule has 0 saturated heterocycles. The van der Waals surface area contributed by atoms with Gasteiger partial charge in [-0.3, -0.25) is 4.98 Å². The quantitative estimate of drug-likeness (QED) is 0.532. The lowest BCUT2D eigenvalue weighted by molar-refractivity contribution is 0.415. The molecular formula is C23H22N3O. The normalized spacial score (nSPS) is 11.7. The number of rotatable bonds is 4. The molecule has 4 aromatic rings. The zero-order valence-electron chi connectivity index (χ0n) is 15.8. The number of ether oxygens (including phenoxy) is 1. The number of imidazole rings is 1. The highest BCUT2D eigenvalue weighted by Crippen LogP contribution is 2.34. The van der Waals surface area contributed by atoms with E-state index in [1.54, 1.807) is 19.5 Å². The van der Waals surface area contributed by atoms with Crippen molar-refractivity contribution in [2.75, 3.05) is 7.11 Å². The average Bonchev–Trinajstić information content (AvgIpc) is 3.14. The van der Waals surface area contributed by atoms with Crippen molar-refractivity contribution in [2.24, 2.45) is 0 Å². The predicted molar refractivity (Wildman–Crippen MR) is 110 cm³/mol. The van der Waals surface area contributed by atoms with E-state index in [9.17, 15) is 0 Å². The average molecular weight is 356 g/mol. The molecule has 0 atom stereocenters. The van der Waals surface area contributed by atoms with Crippen LogP contribution >= 0.6 is 0 Å². The number of hydrogen-bond donors (Lipinski definition) is 1. The molecule has 0 amide bonds. The first kappa shape index (κ1) is 17.3. The second kappa shape index (κ2) is 6.54. The lowest BCUT2D eigenvalue weighted by Crippen LogP contribution is -2.13. The molecule has 27 heavy (non-hydrogen) atoms. The molecular weight excluding hydrogens is 334 g/mol. The fourth-order valence-corrected chi connectivity index (χ4v) is 3.13. The van der Waals surface area contributed by atoms with Crippen LogP contribution in [0.25, 0.3) is 33.3 Å². The third kappa shape index (κ3) is 3.31. The maximum absolute atomic E-state index is 5.32. The van der Waals surface area contributed by atoms with Crippen LogP contribution in [-0.4, -0.2) is 22.1 Å². The van der Waals surface area contributed by atoms with Crippen molar-refractivity contribution in [1.29, 1.82) is 0 Å². The van der Waals surface area contributed by atoms with Crippen molar-refractivity contribution in [3.63, 3.8) is 0 Å². The van der Waals surface area contributed by atoms with Crippen LogP contribution in [-0.2, 0) is 5.41 Å². The van der Waals surface area contributed by atoms with E-state index in [4.69, 9.17) is 9.72 Å². The Morgan fingerprint density at radius 3 is 2.33 bits per heavy atom. The van der Waals surface area contributed by atoms with Gasteiger partial charge in [-0.1, -0.05) is 32.0 Å². The molecule has 0 saturated carbocycles. The van der Waals surface area contributed by atoms with Crippen LogP contribution in [0.4, 0.5) is 0 Å². The first-order valence-corrected chi connectivity index (χ1v) is 8.90. The van der Waals surface area contributed by atoms with Gasteiger partial charge in [0.1, 0.15) is 11.6 Å². The van der Waals surface area contributed by atoms with Crippen molar-refractivity contribution >= 4 is 10.8 Å². The van der Waals surface area contributed by atoms with Crippen molar-refractivity contribution in [2.45, 2.75) is 19.3 Å². The molecule has 1 radical (unpaired) electrons. The number of nitrogens with one attached hydrogen (secondary N) is 1. The van der Waals surface area contributed by atoms with Crippen LogP contribution in [0.3, 0.4) is 0 Å². The van der Waals surface area contributed by atoms with Gasteiger partial charge in [-0.15, -0.1) is 0 Å². The topological polar surface area (TPSA) is 50.8 Å². The van der Waals surface area contributed by atoms with Gasteiger partial charge in [0.25, 0.3) is 0 Å². The van der Waals surface area contributed by atoms with Gasteiger partial charge >= 0.3 is 0 Å². The van der Waals surface area contributed by atoms with Gasteiger partial charge in [-0.2, -0.15) is 0 Å². The molecule has 4 nitrogen and oxygen atoms in total. The molecule has 0 bridgehead atoms. The molecule has 2 heterocycles. The number of H-pyrrole nitrogens is 1. The smallest absolute Gasteiger partial charge is 0.119 e. The molecule has 0 aliphatic carbocycles. The van der Waals surface area contributed by atoms with Gasteiger partial charge in [-0.25, -0.2) is 4.98 Å². The number of aromatic nitrogens is 3. The van der Waals surface area contributed by atoms with Crippen LogP contribution in [0.15, 0.2) is 60.9 Å². The monoisotopic (exact) mass is 356 g/mol. The minimum Gasteiger partial charge on any atom is -0.497 e. The Kier molecular flexibility index (Phi) is 4.19. The highest BCUT2D eigenvalue weighted by atomic mass is 16.5. The summed E-state index contributed by atoms with van der Waals surface area (Å²) in [6.07, 6.45) is 3.59. The van der Waals surface area contributed by atoms with E-state index in [1.807, 2.05) is 24.3 Å². The van der Waals surface area contributed by atoms with E-state index >= 15 is 0 Å². The number of pyridine rings is 1.